The lowest BCUT2D eigenvalue weighted by Crippen LogP contribution is -2.30. The zero-order valence-electron chi connectivity index (χ0n) is 11.2. The number of carbonyl (C=O) groups excluding carboxylic acids is 1. The van der Waals surface area contributed by atoms with Gasteiger partial charge in [-0.25, -0.2) is 4.98 Å². The fourth-order valence-electron chi connectivity index (χ4n) is 1.92. The van der Waals surface area contributed by atoms with Crippen molar-refractivity contribution in [2.45, 2.75) is 26.3 Å². The molecule has 7 heteroatoms. The van der Waals surface area contributed by atoms with Crippen molar-refractivity contribution in [2.75, 3.05) is 5.73 Å². The maximum atomic E-state index is 12.3. The summed E-state index contributed by atoms with van der Waals surface area (Å²) in [5.74, 6) is -0.220. The molecule has 102 valence electrons. The molecule has 0 aliphatic rings. The van der Waals surface area contributed by atoms with Gasteiger partial charge >= 0.3 is 0 Å². The molecule has 0 saturated heterocycles. The van der Waals surface area contributed by atoms with Crippen molar-refractivity contribution >= 4 is 22.9 Å². The first-order valence-corrected chi connectivity index (χ1v) is 6.91. The van der Waals surface area contributed by atoms with Crippen LogP contribution in [0.4, 0.5) is 5.69 Å². The van der Waals surface area contributed by atoms with E-state index in [4.69, 9.17) is 5.73 Å². The van der Waals surface area contributed by atoms with Gasteiger partial charge in [-0.15, -0.1) is 11.3 Å². The Balaban J connectivity index is 2.21. The minimum absolute atomic E-state index is 0.0953. The lowest BCUT2D eigenvalue weighted by molar-refractivity contribution is 0.0927. The van der Waals surface area contributed by atoms with Crippen molar-refractivity contribution in [2.24, 2.45) is 7.05 Å². The Morgan fingerprint density at radius 3 is 2.84 bits per heavy atom. The number of nitrogen functional groups attached to an aromatic ring is 1. The van der Waals surface area contributed by atoms with Crippen LogP contribution in [0.15, 0.2) is 11.6 Å². The third kappa shape index (κ3) is 2.60. The molecule has 3 N–H and O–H groups in total. The highest BCUT2D eigenvalue weighted by atomic mass is 32.1. The number of aromatic nitrogens is 3. The molecule has 2 heterocycles. The van der Waals surface area contributed by atoms with Crippen LogP contribution in [0.5, 0.6) is 0 Å². The summed E-state index contributed by atoms with van der Waals surface area (Å²) >= 11 is 1.53. The van der Waals surface area contributed by atoms with Crippen molar-refractivity contribution in [3.8, 4) is 0 Å². The summed E-state index contributed by atoms with van der Waals surface area (Å²) in [4.78, 5) is 16.5. The van der Waals surface area contributed by atoms with E-state index in [0.717, 1.165) is 11.4 Å². The second-order valence-electron chi connectivity index (χ2n) is 4.28. The molecular formula is C12H17N5OS. The van der Waals surface area contributed by atoms with Crippen molar-refractivity contribution in [1.29, 1.82) is 0 Å². The molecule has 0 aliphatic carbocycles. The predicted molar refractivity (Wildman–Crippen MR) is 75.0 cm³/mol. The number of nitrogens with two attached hydrogens (primary N) is 1. The van der Waals surface area contributed by atoms with E-state index in [1.54, 1.807) is 20.2 Å². The molecule has 19 heavy (non-hydrogen) atoms. The van der Waals surface area contributed by atoms with Crippen LogP contribution >= 0.6 is 11.3 Å². The molecule has 6 nitrogen and oxygen atoms in total. The molecule has 1 unspecified atom stereocenters. The molecule has 0 aliphatic heterocycles. The van der Waals surface area contributed by atoms with Gasteiger partial charge in [0.2, 0.25) is 0 Å². The summed E-state index contributed by atoms with van der Waals surface area (Å²) in [5.41, 5.74) is 7.37. The molecular weight excluding hydrogens is 262 g/mol. The Bertz CT molecular complexity index is 575. The maximum Gasteiger partial charge on any atom is 0.272 e. The van der Waals surface area contributed by atoms with Crippen molar-refractivity contribution in [1.82, 2.24) is 20.1 Å². The number of thiazole rings is 1. The van der Waals surface area contributed by atoms with Gasteiger partial charge in [0.1, 0.15) is 10.7 Å². The van der Waals surface area contributed by atoms with Crippen LogP contribution in [0, 0.1) is 6.92 Å². The van der Waals surface area contributed by atoms with E-state index in [-0.39, 0.29) is 11.9 Å². The van der Waals surface area contributed by atoms with Gasteiger partial charge in [-0.2, -0.15) is 5.10 Å². The number of rotatable bonds is 4. The van der Waals surface area contributed by atoms with Crippen LogP contribution in [-0.4, -0.2) is 20.7 Å². The quantitative estimate of drug-likeness (QED) is 0.891. The van der Waals surface area contributed by atoms with Gasteiger partial charge in [0.15, 0.2) is 0 Å². The lowest BCUT2D eigenvalue weighted by atomic mass is 10.2. The minimum atomic E-state index is -0.220. The van der Waals surface area contributed by atoms with Gasteiger partial charge in [0, 0.05) is 18.6 Å². The van der Waals surface area contributed by atoms with Crippen LogP contribution < -0.4 is 11.1 Å². The topological polar surface area (TPSA) is 85.8 Å². The number of amides is 1. The molecule has 0 fully saturated rings. The predicted octanol–water partition coefficient (Wildman–Crippen LogP) is 1.65. The van der Waals surface area contributed by atoms with E-state index in [2.05, 4.69) is 15.4 Å². The Morgan fingerprint density at radius 2 is 2.37 bits per heavy atom. The largest absolute Gasteiger partial charge is 0.395 e. The van der Waals surface area contributed by atoms with Gasteiger partial charge in [-0.05, 0) is 13.3 Å². The summed E-state index contributed by atoms with van der Waals surface area (Å²) < 4.78 is 1.51. The molecule has 0 radical (unpaired) electrons. The molecule has 1 amide bonds. The fourth-order valence-corrected chi connectivity index (χ4v) is 2.69. The molecule has 0 bridgehead atoms. The van der Waals surface area contributed by atoms with Crippen molar-refractivity contribution in [3.05, 3.63) is 28.0 Å². The Morgan fingerprint density at radius 1 is 1.63 bits per heavy atom. The van der Waals surface area contributed by atoms with Crippen LogP contribution in [0.1, 0.15) is 40.6 Å². The number of hydrogen-bond acceptors (Lipinski definition) is 5. The van der Waals surface area contributed by atoms with E-state index in [1.165, 1.54) is 16.0 Å². The highest BCUT2D eigenvalue weighted by molar-refractivity contribution is 7.09. The Labute approximate surface area is 115 Å². The fraction of sp³-hybridized carbons (Fsp3) is 0.417. The van der Waals surface area contributed by atoms with E-state index in [9.17, 15) is 4.79 Å². The number of anilines is 1. The van der Waals surface area contributed by atoms with Gasteiger partial charge in [-0.1, -0.05) is 6.92 Å². The van der Waals surface area contributed by atoms with E-state index in [1.807, 2.05) is 12.3 Å². The van der Waals surface area contributed by atoms with Crippen molar-refractivity contribution < 1.29 is 4.79 Å². The molecule has 2 aromatic heterocycles. The molecule has 0 saturated carbocycles. The second-order valence-corrected chi connectivity index (χ2v) is 5.20. The van der Waals surface area contributed by atoms with Crippen LogP contribution in [0.3, 0.4) is 0 Å². The third-order valence-electron chi connectivity index (χ3n) is 2.95. The first-order valence-electron chi connectivity index (χ1n) is 6.03. The minimum Gasteiger partial charge on any atom is -0.395 e. The van der Waals surface area contributed by atoms with Gasteiger partial charge < -0.3 is 11.1 Å². The number of nitrogens with zero attached hydrogens (tertiary/aromatic N) is 3. The zero-order chi connectivity index (χ0) is 14.0. The average molecular weight is 279 g/mol. The number of carbonyl (C=O) groups is 1. The van der Waals surface area contributed by atoms with Gasteiger partial charge in [0.05, 0.1) is 17.4 Å². The van der Waals surface area contributed by atoms with Gasteiger partial charge in [0.25, 0.3) is 5.91 Å². The smallest absolute Gasteiger partial charge is 0.272 e. The summed E-state index contributed by atoms with van der Waals surface area (Å²) in [6.45, 7) is 3.79. The van der Waals surface area contributed by atoms with Gasteiger partial charge in [-0.3, -0.25) is 9.48 Å². The number of nitrogens with one attached hydrogen (secondary N) is 1. The Hall–Kier alpha value is -1.89. The van der Waals surface area contributed by atoms with Crippen LogP contribution in [-0.2, 0) is 7.05 Å². The summed E-state index contributed by atoms with van der Waals surface area (Å²) in [5, 5.41) is 9.89. The molecule has 1 atom stereocenters. The number of hydrogen-bond donors (Lipinski definition) is 2. The SMILES string of the molecule is CCC(NC(=O)c1c(N)c(C)nn1C)c1nccs1. The normalized spacial score (nSPS) is 12.4. The van der Waals surface area contributed by atoms with Crippen molar-refractivity contribution in [3.63, 3.8) is 0 Å². The first kappa shape index (κ1) is 13.5. The highest BCUT2D eigenvalue weighted by Crippen LogP contribution is 2.21. The first-order chi connectivity index (χ1) is 9.04. The van der Waals surface area contributed by atoms with E-state index < -0.39 is 0 Å². The lowest BCUT2D eigenvalue weighted by Gasteiger charge is -2.14. The standard InChI is InChI=1S/C12H17N5OS/c1-4-8(12-14-5-6-19-12)15-11(18)10-9(13)7(2)16-17(10)3/h5-6,8H,4,13H2,1-3H3,(H,15,18). The molecule has 2 aromatic rings. The Kier molecular flexibility index (Phi) is 3.84. The van der Waals surface area contributed by atoms with Crippen LogP contribution in [0.2, 0.25) is 0 Å². The van der Waals surface area contributed by atoms with E-state index in [0.29, 0.717) is 17.1 Å². The number of aryl methyl sites for hydroxylation is 2. The molecule has 0 spiro atoms. The summed E-state index contributed by atoms with van der Waals surface area (Å²) in [7, 11) is 1.71. The second kappa shape index (κ2) is 5.40. The van der Waals surface area contributed by atoms with Crippen LogP contribution in [0.25, 0.3) is 0 Å². The zero-order valence-corrected chi connectivity index (χ0v) is 12.0. The summed E-state index contributed by atoms with van der Waals surface area (Å²) in [6, 6.07) is -0.0953. The third-order valence-corrected chi connectivity index (χ3v) is 3.84. The maximum absolute atomic E-state index is 12.3. The van der Waals surface area contributed by atoms with E-state index >= 15 is 0 Å². The molecule has 0 aromatic carbocycles. The monoisotopic (exact) mass is 279 g/mol. The highest BCUT2D eigenvalue weighted by Gasteiger charge is 2.21. The average Bonchev–Trinajstić information content (AvgIpc) is 2.96. The summed E-state index contributed by atoms with van der Waals surface area (Å²) in [6.07, 6.45) is 2.51. The molecule has 2 rings (SSSR count).